The SMILES string of the molecule is CC(C)(C)OC(=O)N1CCn2c(nnc2C2CCCN2C(=O)CCc2ccccc2)C1. The van der Waals surface area contributed by atoms with E-state index < -0.39 is 5.60 Å². The summed E-state index contributed by atoms with van der Waals surface area (Å²) < 4.78 is 7.57. The Labute approximate surface area is 183 Å². The van der Waals surface area contributed by atoms with Crippen LogP contribution in [0.25, 0.3) is 0 Å². The molecule has 1 unspecified atom stereocenters. The predicted molar refractivity (Wildman–Crippen MR) is 115 cm³/mol. The third kappa shape index (κ3) is 4.89. The highest BCUT2D eigenvalue weighted by molar-refractivity contribution is 5.77. The summed E-state index contributed by atoms with van der Waals surface area (Å²) in [6, 6.07) is 10.1. The van der Waals surface area contributed by atoms with Crippen LogP contribution < -0.4 is 0 Å². The summed E-state index contributed by atoms with van der Waals surface area (Å²) in [5.74, 6) is 1.75. The van der Waals surface area contributed by atoms with Crippen LogP contribution in [0.2, 0.25) is 0 Å². The maximum atomic E-state index is 13.0. The standard InChI is InChI=1S/C23H31N5O3/c1-23(2,3)31-22(30)26-14-15-28-19(16-26)24-25-21(28)18-10-7-13-27(18)20(29)12-11-17-8-5-4-6-9-17/h4-6,8-9,18H,7,10-16H2,1-3H3. The third-order valence-electron chi connectivity index (χ3n) is 5.78. The second kappa shape index (κ2) is 8.69. The first kappa shape index (κ1) is 21.3. The molecule has 0 bridgehead atoms. The molecule has 8 heteroatoms. The van der Waals surface area contributed by atoms with Crippen LogP contribution in [0.1, 0.15) is 63.3 Å². The van der Waals surface area contributed by atoms with Gasteiger partial charge < -0.3 is 14.2 Å². The van der Waals surface area contributed by atoms with Crippen molar-refractivity contribution in [3.8, 4) is 0 Å². The fraction of sp³-hybridized carbons (Fsp3) is 0.565. The van der Waals surface area contributed by atoms with Gasteiger partial charge in [-0.05, 0) is 45.6 Å². The Bertz CT molecular complexity index is 934. The summed E-state index contributed by atoms with van der Waals surface area (Å²) in [6.45, 7) is 7.86. The Kier molecular flexibility index (Phi) is 5.98. The van der Waals surface area contributed by atoms with Gasteiger partial charge >= 0.3 is 6.09 Å². The van der Waals surface area contributed by atoms with E-state index in [1.54, 1.807) is 4.90 Å². The molecule has 2 amide bonds. The van der Waals surface area contributed by atoms with Gasteiger partial charge in [0.2, 0.25) is 5.91 Å². The molecule has 31 heavy (non-hydrogen) atoms. The number of aryl methyl sites for hydroxylation is 1. The molecule has 2 aliphatic rings. The van der Waals surface area contributed by atoms with Crippen LogP contribution >= 0.6 is 0 Å². The van der Waals surface area contributed by atoms with E-state index in [0.717, 1.165) is 37.5 Å². The zero-order valence-electron chi connectivity index (χ0n) is 18.6. The van der Waals surface area contributed by atoms with E-state index >= 15 is 0 Å². The Morgan fingerprint density at radius 1 is 1.10 bits per heavy atom. The molecule has 8 nitrogen and oxygen atoms in total. The van der Waals surface area contributed by atoms with E-state index in [2.05, 4.69) is 26.9 Å². The van der Waals surface area contributed by atoms with Crippen molar-refractivity contribution in [2.75, 3.05) is 13.1 Å². The van der Waals surface area contributed by atoms with Crippen molar-refractivity contribution in [1.29, 1.82) is 0 Å². The highest BCUT2D eigenvalue weighted by atomic mass is 16.6. The summed E-state index contributed by atoms with van der Waals surface area (Å²) >= 11 is 0. The van der Waals surface area contributed by atoms with E-state index in [0.29, 0.717) is 26.1 Å². The highest BCUT2D eigenvalue weighted by Gasteiger charge is 2.36. The van der Waals surface area contributed by atoms with Gasteiger partial charge in [0.25, 0.3) is 0 Å². The lowest BCUT2D eigenvalue weighted by molar-refractivity contribution is -0.132. The van der Waals surface area contributed by atoms with Crippen LogP contribution in [-0.2, 0) is 29.0 Å². The van der Waals surface area contributed by atoms with Gasteiger partial charge in [-0.25, -0.2) is 4.79 Å². The number of benzene rings is 1. The summed E-state index contributed by atoms with van der Waals surface area (Å²) in [5.41, 5.74) is 0.645. The molecule has 1 saturated heterocycles. The number of ether oxygens (including phenoxy) is 1. The first-order valence-corrected chi connectivity index (χ1v) is 11.0. The molecule has 3 heterocycles. The van der Waals surface area contributed by atoms with Crippen LogP contribution in [0, 0.1) is 0 Å². The molecule has 0 aliphatic carbocycles. The Morgan fingerprint density at radius 3 is 2.61 bits per heavy atom. The second-order valence-corrected chi connectivity index (χ2v) is 9.26. The van der Waals surface area contributed by atoms with Gasteiger partial charge in [-0.2, -0.15) is 0 Å². The molecule has 1 aromatic heterocycles. The van der Waals surface area contributed by atoms with E-state index in [1.807, 2.05) is 43.9 Å². The van der Waals surface area contributed by atoms with Crippen molar-refractivity contribution in [1.82, 2.24) is 24.6 Å². The minimum Gasteiger partial charge on any atom is -0.444 e. The van der Waals surface area contributed by atoms with Crippen molar-refractivity contribution in [3.63, 3.8) is 0 Å². The number of carbonyl (C=O) groups is 2. The van der Waals surface area contributed by atoms with Crippen LogP contribution in [-0.4, -0.2) is 55.3 Å². The minimum absolute atomic E-state index is 0.0439. The Balaban J connectivity index is 1.42. The van der Waals surface area contributed by atoms with Gasteiger partial charge in [-0.15, -0.1) is 10.2 Å². The van der Waals surface area contributed by atoms with Crippen molar-refractivity contribution < 1.29 is 14.3 Å². The number of rotatable bonds is 4. The summed E-state index contributed by atoms with van der Waals surface area (Å²) in [6.07, 6.45) is 2.76. The molecular formula is C23H31N5O3. The van der Waals surface area contributed by atoms with Crippen LogP contribution in [0.4, 0.5) is 4.79 Å². The van der Waals surface area contributed by atoms with E-state index in [9.17, 15) is 9.59 Å². The summed E-state index contributed by atoms with van der Waals surface area (Å²) in [5, 5.41) is 8.78. The number of amides is 2. The number of fused-ring (bicyclic) bond motifs is 1. The predicted octanol–water partition coefficient (Wildman–Crippen LogP) is 3.33. The van der Waals surface area contributed by atoms with Gasteiger partial charge in [0, 0.05) is 26.1 Å². The molecule has 0 spiro atoms. The van der Waals surface area contributed by atoms with E-state index in [1.165, 1.54) is 5.56 Å². The lowest BCUT2D eigenvalue weighted by atomic mass is 10.1. The normalized spacial score (nSPS) is 18.7. The van der Waals surface area contributed by atoms with Crippen molar-refractivity contribution in [2.45, 2.75) is 71.2 Å². The smallest absolute Gasteiger partial charge is 0.410 e. The molecule has 0 saturated carbocycles. The van der Waals surface area contributed by atoms with Crippen molar-refractivity contribution in [3.05, 3.63) is 47.5 Å². The van der Waals surface area contributed by atoms with Crippen LogP contribution in [0.15, 0.2) is 30.3 Å². The first-order valence-electron chi connectivity index (χ1n) is 11.0. The molecule has 4 rings (SSSR count). The molecular weight excluding hydrogens is 394 g/mol. The highest BCUT2D eigenvalue weighted by Crippen LogP contribution is 2.33. The van der Waals surface area contributed by atoms with E-state index in [4.69, 9.17) is 4.74 Å². The third-order valence-corrected chi connectivity index (χ3v) is 5.78. The number of likely N-dealkylation sites (tertiary alicyclic amines) is 1. The molecule has 2 aromatic rings. The monoisotopic (exact) mass is 425 g/mol. The second-order valence-electron chi connectivity index (χ2n) is 9.26. The number of aromatic nitrogens is 3. The molecule has 1 fully saturated rings. The van der Waals surface area contributed by atoms with E-state index in [-0.39, 0.29) is 18.0 Å². The van der Waals surface area contributed by atoms with Crippen molar-refractivity contribution >= 4 is 12.0 Å². The van der Waals surface area contributed by atoms with Gasteiger partial charge in [0.15, 0.2) is 11.6 Å². The zero-order chi connectivity index (χ0) is 22.0. The maximum absolute atomic E-state index is 13.0. The average molecular weight is 426 g/mol. The molecule has 0 radical (unpaired) electrons. The number of nitrogens with zero attached hydrogens (tertiary/aromatic N) is 5. The lowest BCUT2D eigenvalue weighted by Gasteiger charge is -2.31. The maximum Gasteiger partial charge on any atom is 0.410 e. The van der Waals surface area contributed by atoms with Crippen molar-refractivity contribution in [2.24, 2.45) is 0 Å². The number of hydrogen-bond acceptors (Lipinski definition) is 5. The number of carbonyl (C=O) groups excluding carboxylic acids is 2. The fourth-order valence-corrected chi connectivity index (χ4v) is 4.28. The minimum atomic E-state index is -0.530. The lowest BCUT2D eigenvalue weighted by Crippen LogP contribution is -2.42. The van der Waals surface area contributed by atoms with Gasteiger partial charge in [0.05, 0.1) is 12.6 Å². The topological polar surface area (TPSA) is 80.6 Å². The Hall–Kier alpha value is -2.90. The summed E-state index contributed by atoms with van der Waals surface area (Å²) in [7, 11) is 0. The largest absolute Gasteiger partial charge is 0.444 e. The molecule has 0 N–H and O–H groups in total. The van der Waals surface area contributed by atoms with Gasteiger partial charge in [0.1, 0.15) is 5.60 Å². The van der Waals surface area contributed by atoms with Gasteiger partial charge in [-0.3, -0.25) is 9.69 Å². The molecule has 2 aliphatic heterocycles. The Morgan fingerprint density at radius 2 is 1.87 bits per heavy atom. The quantitative estimate of drug-likeness (QED) is 0.751. The first-order chi connectivity index (χ1) is 14.8. The zero-order valence-corrected chi connectivity index (χ0v) is 18.6. The van der Waals surface area contributed by atoms with Gasteiger partial charge in [-0.1, -0.05) is 30.3 Å². The summed E-state index contributed by atoms with van der Waals surface area (Å²) in [4.78, 5) is 29.0. The van der Waals surface area contributed by atoms with Crippen LogP contribution in [0.3, 0.4) is 0 Å². The molecule has 166 valence electrons. The molecule has 1 atom stereocenters. The average Bonchev–Trinajstić information content (AvgIpc) is 3.37. The number of hydrogen-bond donors (Lipinski definition) is 0. The fourth-order valence-electron chi connectivity index (χ4n) is 4.28. The van der Waals surface area contributed by atoms with Crippen LogP contribution in [0.5, 0.6) is 0 Å². The molecule has 1 aromatic carbocycles.